The fraction of sp³-hybridized carbons (Fsp3) is 0.316. The molecule has 2 aromatic carbocycles. The van der Waals surface area contributed by atoms with E-state index >= 15 is 0 Å². The van der Waals surface area contributed by atoms with Crippen LogP contribution >= 0.6 is 0 Å². The number of ether oxygens (including phenoxy) is 1. The summed E-state index contributed by atoms with van der Waals surface area (Å²) in [6, 6.07) is 12.8. The van der Waals surface area contributed by atoms with E-state index < -0.39 is 15.8 Å². The molecule has 2 aromatic rings. The predicted molar refractivity (Wildman–Crippen MR) is 103 cm³/mol. The van der Waals surface area contributed by atoms with Crippen molar-refractivity contribution in [2.45, 2.75) is 12.8 Å². The van der Waals surface area contributed by atoms with E-state index in [1.165, 1.54) is 18.2 Å². The first-order valence-electron chi connectivity index (χ1n) is 8.42. The summed E-state index contributed by atoms with van der Waals surface area (Å²) in [5.74, 6) is -0.0652. The Morgan fingerprint density at radius 2 is 1.93 bits per heavy atom. The van der Waals surface area contributed by atoms with E-state index in [4.69, 9.17) is 4.74 Å². The molecule has 0 atom stereocenters. The van der Waals surface area contributed by atoms with Crippen LogP contribution in [0.1, 0.15) is 12.0 Å². The Kier molecular flexibility index (Phi) is 7.18. The lowest BCUT2D eigenvalue weighted by molar-refractivity contribution is -0.120. The number of carbonyl (C=O) groups excluding carboxylic acids is 1. The van der Waals surface area contributed by atoms with Crippen LogP contribution in [-0.4, -0.2) is 40.8 Å². The van der Waals surface area contributed by atoms with Gasteiger partial charge in [-0.3, -0.25) is 9.10 Å². The molecule has 0 saturated heterocycles. The van der Waals surface area contributed by atoms with Gasteiger partial charge in [-0.05, 0) is 42.3 Å². The summed E-state index contributed by atoms with van der Waals surface area (Å²) in [6.45, 7) is 0.359. The zero-order chi connectivity index (χ0) is 19.9. The molecule has 0 radical (unpaired) electrons. The van der Waals surface area contributed by atoms with Crippen LogP contribution in [0.4, 0.5) is 10.1 Å². The van der Waals surface area contributed by atoms with Gasteiger partial charge in [0.1, 0.15) is 11.6 Å². The molecule has 0 aliphatic heterocycles. The lowest BCUT2D eigenvalue weighted by Crippen LogP contribution is -2.35. The molecule has 0 bridgehead atoms. The number of anilines is 1. The van der Waals surface area contributed by atoms with Crippen molar-refractivity contribution in [1.82, 2.24) is 5.32 Å². The van der Waals surface area contributed by atoms with Crippen molar-refractivity contribution in [3.05, 3.63) is 59.9 Å². The minimum absolute atomic E-state index is 0.0261. The van der Waals surface area contributed by atoms with E-state index in [1.807, 2.05) is 24.3 Å². The number of methoxy groups -OCH3 is 1. The molecule has 146 valence electrons. The van der Waals surface area contributed by atoms with Gasteiger partial charge >= 0.3 is 0 Å². The average molecular weight is 394 g/mol. The monoisotopic (exact) mass is 394 g/mol. The number of carbonyl (C=O) groups is 1. The summed E-state index contributed by atoms with van der Waals surface area (Å²) in [5.41, 5.74) is 1.22. The van der Waals surface area contributed by atoms with Crippen LogP contribution in [0.2, 0.25) is 0 Å². The molecule has 0 unspecified atom stereocenters. The highest BCUT2D eigenvalue weighted by atomic mass is 32.2. The summed E-state index contributed by atoms with van der Waals surface area (Å²) >= 11 is 0. The average Bonchev–Trinajstić information content (AvgIpc) is 2.61. The second-order valence-electron chi connectivity index (χ2n) is 6.02. The standard InChI is InChI=1S/C19H23FN2O4S/c1-26-18-8-3-5-15(13-18)9-11-21-19(23)10-12-22(27(2,24)25)17-7-4-6-16(20)14-17/h3-8,13-14H,9-12H2,1-2H3,(H,21,23). The van der Waals surface area contributed by atoms with Gasteiger partial charge in [0.05, 0.1) is 19.1 Å². The van der Waals surface area contributed by atoms with Crippen LogP contribution in [0.3, 0.4) is 0 Å². The Balaban J connectivity index is 1.88. The molecule has 0 heterocycles. The van der Waals surface area contributed by atoms with Gasteiger partial charge in [0.2, 0.25) is 15.9 Å². The maximum atomic E-state index is 13.4. The molecule has 6 nitrogen and oxygen atoms in total. The zero-order valence-corrected chi connectivity index (χ0v) is 16.1. The van der Waals surface area contributed by atoms with Crippen LogP contribution < -0.4 is 14.4 Å². The predicted octanol–water partition coefficient (Wildman–Crippen LogP) is 2.35. The van der Waals surface area contributed by atoms with E-state index in [0.717, 1.165) is 27.9 Å². The lowest BCUT2D eigenvalue weighted by atomic mass is 10.1. The molecule has 1 amide bonds. The largest absolute Gasteiger partial charge is 0.497 e. The minimum atomic E-state index is -3.63. The Labute approximate surface area is 159 Å². The first-order valence-corrected chi connectivity index (χ1v) is 10.3. The number of benzene rings is 2. The van der Waals surface area contributed by atoms with Crippen LogP contribution in [0.5, 0.6) is 5.75 Å². The molecule has 8 heteroatoms. The molecule has 0 aliphatic rings. The highest BCUT2D eigenvalue weighted by Crippen LogP contribution is 2.19. The molecular weight excluding hydrogens is 371 g/mol. The number of sulfonamides is 1. The molecule has 0 spiro atoms. The third kappa shape index (κ3) is 6.56. The maximum Gasteiger partial charge on any atom is 0.232 e. The van der Waals surface area contributed by atoms with Crippen LogP contribution in [-0.2, 0) is 21.2 Å². The van der Waals surface area contributed by atoms with Crippen molar-refractivity contribution in [1.29, 1.82) is 0 Å². The van der Waals surface area contributed by atoms with Gasteiger partial charge in [-0.15, -0.1) is 0 Å². The number of halogens is 1. The lowest BCUT2D eigenvalue weighted by Gasteiger charge is -2.22. The van der Waals surface area contributed by atoms with E-state index in [1.54, 1.807) is 7.11 Å². The number of nitrogens with one attached hydrogen (secondary N) is 1. The molecule has 0 aliphatic carbocycles. The van der Waals surface area contributed by atoms with Crippen molar-refractivity contribution in [3.63, 3.8) is 0 Å². The van der Waals surface area contributed by atoms with Crippen LogP contribution in [0.25, 0.3) is 0 Å². The molecule has 0 fully saturated rings. The SMILES string of the molecule is COc1cccc(CCNC(=O)CCN(c2cccc(F)c2)S(C)(=O)=O)c1. The fourth-order valence-electron chi connectivity index (χ4n) is 2.58. The number of hydrogen-bond donors (Lipinski definition) is 1. The van der Waals surface area contributed by atoms with Gasteiger partial charge in [-0.1, -0.05) is 18.2 Å². The summed E-state index contributed by atoms with van der Waals surface area (Å²) in [6.07, 6.45) is 1.63. The van der Waals surface area contributed by atoms with Gasteiger partial charge < -0.3 is 10.1 Å². The van der Waals surface area contributed by atoms with E-state index in [2.05, 4.69) is 5.32 Å². The van der Waals surface area contributed by atoms with E-state index in [-0.39, 0.29) is 24.6 Å². The Morgan fingerprint density at radius 3 is 2.59 bits per heavy atom. The summed E-state index contributed by atoms with van der Waals surface area (Å²) < 4.78 is 43.5. The fourth-order valence-corrected chi connectivity index (χ4v) is 3.50. The second kappa shape index (κ2) is 9.36. The normalized spacial score (nSPS) is 11.1. The highest BCUT2D eigenvalue weighted by molar-refractivity contribution is 7.92. The summed E-state index contributed by atoms with van der Waals surface area (Å²) in [5, 5.41) is 2.76. The van der Waals surface area contributed by atoms with Crippen molar-refractivity contribution in [2.75, 3.05) is 30.8 Å². The van der Waals surface area contributed by atoms with Gasteiger partial charge in [-0.2, -0.15) is 0 Å². The third-order valence-corrected chi connectivity index (χ3v) is 5.10. The van der Waals surface area contributed by atoms with Crippen molar-refractivity contribution >= 4 is 21.6 Å². The number of amides is 1. The zero-order valence-electron chi connectivity index (χ0n) is 15.3. The quantitative estimate of drug-likeness (QED) is 0.708. The van der Waals surface area contributed by atoms with E-state index in [0.29, 0.717) is 13.0 Å². The summed E-state index contributed by atoms with van der Waals surface area (Å²) in [7, 11) is -2.04. The topological polar surface area (TPSA) is 75.7 Å². The maximum absolute atomic E-state index is 13.4. The van der Waals surface area contributed by atoms with E-state index in [9.17, 15) is 17.6 Å². The van der Waals surface area contributed by atoms with Crippen LogP contribution in [0.15, 0.2) is 48.5 Å². The minimum Gasteiger partial charge on any atom is -0.497 e. The second-order valence-corrected chi connectivity index (χ2v) is 7.92. The smallest absolute Gasteiger partial charge is 0.232 e. The Morgan fingerprint density at radius 1 is 1.19 bits per heavy atom. The number of nitrogens with zero attached hydrogens (tertiary/aromatic N) is 1. The molecule has 1 N–H and O–H groups in total. The summed E-state index contributed by atoms with van der Waals surface area (Å²) in [4.78, 5) is 12.1. The highest BCUT2D eigenvalue weighted by Gasteiger charge is 2.19. The van der Waals surface area contributed by atoms with Crippen LogP contribution in [0, 0.1) is 5.82 Å². The molecular formula is C19H23FN2O4S. The van der Waals surface area contributed by atoms with Crippen molar-refractivity contribution in [3.8, 4) is 5.75 Å². The molecule has 0 saturated carbocycles. The number of hydrogen-bond acceptors (Lipinski definition) is 4. The third-order valence-electron chi connectivity index (χ3n) is 3.91. The van der Waals surface area contributed by atoms with Crippen molar-refractivity contribution < 1.29 is 22.3 Å². The van der Waals surface area contributed by atoms with Gasteiger partial charge in [0.25, 0.3) is 0 Å². The first kappa shape index (κ1) is 20.7. The van der Waals surface area contributed by atoms with Gasteiger partial charge in [0.15, 0.2) is 0 Å². The molecule has 0 aromatic heterocycles. The molecule has 2 rings (SSSR count). The Bertz CT molecular complexity index is 887. The molecule has 27 heavy (non-hydrogen) atoms. The first-order chi connectivity index (χ1) is 12.8. The number of rotatable bonds is 9. The van der Waals surface area contributed by atoms with Gasteiger partial charge in [-0.25, -0.2) is 12.8 Å². The van der Waals surface area contributed by atoms with Gasteiger partial charge in [0, 0.05) is 19.5 Å². The van der Waals surface area contributed by atoms with Crippen molar-refractivity contribution in [2.24, 2.45) is 0 Å². The Hall–Kier alpha value is -2.61.